The molecule has 2 rings (SSSR count). The average Bonchev–Trinajstić information content (AvgIpc) is 2.47. The van der Waals surface area contributed by atoms with E-state index in [1.165, 1.54) is 12.4 Å². The number of alkyl halides is 3. The van der Waals surface area contributed by atoms with Gasteiger partial charge in [-0.3, -0.25) is 4.98 Å². The molecule has 0 aromatic carbocycles. The Morgan fingerprint density at radius 2 is 2.10 bits per heavy atom. The lowest BCUT2D eigenvalue weighted by Crippen LogP contribution is -2.12. The van der Waals surface area contributed by atoms with Gasteiger partial charge in [-0.15, -0.1) is 0 Å². The summed E-state index contributed by atoms with van der Waals surface area (Å²) >= 11 is 0. The van der Waals surface area contributed by atoms with Crippen molar-refractivity contribution < 1.29 is 22.7 Å². The van der Waals surface area contributed by atoms with Crippen LogP contribution in [0.1, 0.15) is 23.0 Å². The molecule has 0 bridgehead atoms. The molecule has 2 aromatic heterocycles. The van der Waals surface area contributed by atoms with E-state index in [9.17, 15) is 18.0 Å². The Kier molecular flexibility index (Phi) is 4.21. The second-order valence-electron chi connectivity index (χ2n) is 4.08. The lowest BCUT2D eigenvalue weighted by Gasteiger charge is -2.12. The molecule has 4 nitrogen and oxygen atoms in total. The molecule has 0 aliphatic rings. The smallest absolute Gasteiger partial charge is 0.417 e. The highest BCUT2D eigenvalue weighted by Gasteiger charge is 2.32. The largest absolute Gasteiger partial charge is 0.461 e. The zero-order chi connectivity index (χ0) is 15.5. The minimum absolute atomic E-state index is 0.0383. The summed E-state index contributed by atoms with van der Waals surface area (Å²) in [5.41, 5.74) is -0.706. The first kappa shape index (κ1) is 15.0. The molecule has 0 aliphatic heterocycles. The fraction of sp³-hybridized carbons (Fsp3) is 0.214. The number of nitrogens with zero attached hydrogens (tertiary/aromatic N) is 2. The molecular weight excluding hydrogens is 285 g/mol. The minimum Gasteiger partial charge on any atom is -0.461 e. The Hall–Kier alpha value is -2.44. The van der Waals surface area contributed by atoms with Gasteiger partial charge in [0.05, 0.1) is 12.2 Å². The van der Waals surface area contributed by atoms with E-state index in [1.807, 2.05) is 0 Å². The van der Waals surface area contributed by atoms with Crippen LogP contribution in [0.15, 0.2) is 36.8 Å². The first-order valence-electron chi connectivity index (χ1n) is 6.08. The number of rotatable bonds is 3. The van der Waals surface area contributed by atoms with Gasteiger partial charge in [0.2, 0.25) is 0 Å². The summed E-state index contributed by atoms with van der Waals surface area (Å²) in [6.07, 6.45) is -1.09. The predicted octanol–water partition coefficient (Wildman–Crippen LogP) is 3.34. The molecule has 0 aliphatic carbocycles. The highest BCUT2D eigenvalue weighted by molar-refractivity contribution is 5.95. The van der Waals surface area contributed by atoms with Crippen molar-refractivity contribution in [3.8, 4) is 11.1 Å². The maximum atomic E-state index is 12.8. The van der Waals surface area contributed by atoms with Crippen molar-refractivity contribution in [1.82, 2.24) is 9.97 Å². The van der Waals surface area contributed by atoms with Crippen molar-refractivity contribution in [3.05, 3.63) is 48.0 Å². The van der Waals surface area contributed by atoms with E-state index >= 15 is 0 Å². The maximum Gasteiger partial charge on any atom is 0.417 e. The Labute approximate surface area is 118 Å². The summed E-state index contributed by atoms with van der Waals surface area (Å²) in [7, 11) is 0. The van der Waals surface area contributed by atoms with Gasteiger partial charge in [-0.1, -0.05) is 6.07 Å². The van der Waals surface area contributed by atoms with Crippen LogP contribution in [0.3, 0.4) is 0 Å². The molecule has 0 saturated heterocycles. The molecule has 0 fully saturated rings. The molecule has 110 valence electrons. The van der Waals surface area contributed by atoms with E-state index in [4.69, 9.17) is 4.74 Å². The maximum absolute atomic E-state index is 12.8. The van der Waals surface area contributed by atoms with Gasteiger partial charge in [0, 0.05) is 29.7 Å². The molecule has 0 N–H and O–H groups in total. The molecule has 0 atom stereocenters. The van der Waals surface area contributed by atoms with Crippen LogP contribution in [0, 0.1) is 0 Å². The second-order valence-corrected chi connectivity index (χ2v) is 4.08. The number of hydrogen-bond acceptors (Lipinski definition) is 4. The number of halogens is 3. The lowest BCUT2D eigenvalue weighted by atomic mass is 10.0. The van der Waals surface area contributed by atoms with Gasteiger partial charge < -0.3 is 4.74 Å². The van der Waals surface area contributed by atoms with Crippen molar-refractivity contribution >= 4 is 5.97 Å². The van der Waals surface area contributed by atoms with Crippen LogP contribution in [0.2, 0.25) is 0 Å². The van der Waals surface area contributed by atoms with Crippen molar-refractivity contribution in [2.75, 3.05) is 6.61 Å². The number of hydrogen-bond donors (Lipinski definition) is 0. The molecule has 2 aromatic rings. The molecule has 2 heterocycles. The Morgan fingerprint density at radius 1 is 1.33 bits per heavy atom. The third kappa shape index (κ3) is 3.36. The molecule has 0 radical (unpaired) electrons. The molecule has 0 saturated carbocycles. The Bertz CT molecular complexity index is 642. The normalized spacial score (nSPS) is 11.2. The second kappa shape index (κ2) is 5.90. The first-order valence-corrected chi connectivity index (χ1v) is 6.08. The summed E-state index contributed by atoms with van der Waals surface area (Å²) in [5.74, 6) is -0.773. The van der Waals surface area contributed by atoms with Crippen LogP contribution in [0.5, 0.6) is 0 Å². The van der Waals surface area contributed by atoms with E-state index in [0.29, 0.717) is 11.8 Å². The molecule has 0 amide bonds. The minimum atomic E-state index is -4.54. The summed E-state index contributed by atoms with van der Waals surface area (Å²) in [6.45, 7) is 1.71. The monoisotopic (exact) mass is 296 g/mol. The van der Waals surface area contributed by atoms with Crippen molar-refractivity contribution in [2.45, 2.75) is 13.1 Å². The average molecular weight is 296 g/mol. The fourth-order valence-corrected chi connectivity index (χ4v) is 1.72. The molecule has 7 heteroatoms. The summed E-state index contributed by atoms with van der Waals surface area (Å²) < 4.78 is 43.2. The van der Waals surface area contributed by atoms with Gasteiger partial charge >= 0.3 is 12.1 Å². The van der Waals surface area contributed by atoms with Crippen LogP contribution in [-0.2, 0) is 10.9 Å². The number of pyridine rings is 2. The number of carbonyl (C=O) groups is 1. The summed E-state index contributed by atoms with van der Waals surface area (Å²) in [6, 6.07) is 3.98. The number of ether oxygens (including phenoxy) is 1. The quantitative estimate of drug-likeness (QED) is 0.815. The van der Waals surface area contributed by atoms with Gasteiger partial charge in [0.1, 0.15) is 0 Å². The lowest BCUT2D eigenvalue weighted by molar-refractivity contribution is -0.137. The van der Waals surface area contributed by atoms with Crippen LogP contribution >= 0.6 is 0 Å². The van der Waals surface area contributed by atoms with E-state index in [0.717, 1.165) is 6.07 Å². The van der Waals surface area contributed by atoms with Gasteiger partial charge in [-0.25, -0.2) is 9.78 Å². The van der Waals surface area contributed by atoms with E-state index < -0.39 is 17.7 Å². The Morgan fingerprint density at radius 3 is 2.67 bits per heavy atom. The van der Waals surface area contributed by atoms with Crippen LogP contribution < -0.4 is 0 Å². The van der Waals surface area contributed by atoms with Crippen LogP contribution in [-0.4, -0.2) is 22.5 Å². The highest BCUT2D eigenvalue weighted by Crippen LogP contribution is 2.33. The summed E-state index contributed by atoms with van der Waals surface area (Å²) in [5, 5.41) is 0. The first-order chi connectivity index (χ1) is 9.93. The third-order valence-corrected chi connectivity index (χ3v) is 2.66. The summed E-state index contributed by atoms with van der Waals surface area (Å²) in [4.78, 5) is 19.3. The van der Waals surface area contributed by atoms with Crippen molar-refractivity contribution in [3.63, 3.8) is 0 Å². The molecule has 0 unspecified atom stereocenters. The van der Waals surface area contributed by atoms with E-state index in [2.05, 4.69) is 9.97 Å². The van der Waals surface area contributed by atoms with Crippen molar-refractivity contribution in [2.24, 2.45) is 0 Å². The number of aromatic nitrogens is 2. The van der Waals surface area contributed by atoms with Gasteiger partial charge in [-0.05, 0) is 19.1 Å². The SMILES string of the molecule is CCOC(=O)c1ncc(C(F)(F)F)cc1-c1cccnc1. The van der Waals surface area contributed by atoms with E-state index in [1.54, 1.807) is 19.1 Å². The zero-order valence-corrected chi connectivity index (χ0v) is 11.0. The highest BCUT2D eigenvalue weighted by atomic mass is 19.4. The molecule has 21 heavy (non-hydrogen) atoms. The Balaban J connectivity index is 2.59. The van der Waals surface area contributed by atoms with Gasteiger partial charge in [-0.2, -0.15) is 13.2 Å². The van der Waals surface area contributed by atoms with Gasteiger partial charge in [0.15, 0.2) is 5.69 Å². The fourth-order valence-electron chi connectivity index (χ4n) is 1.72. The standard InChI is InChI=1S/C14H11F3N2O2/c1-2-21-13(20)12-11(9-4-3-5-18-7-9)6-10(8-19-12)14(15,16)17/h3-8H,2H2,1H3. The van der Waals surface area contributed by atoms with Crippen LogP contribution in [0.4, 0.5) is 13.2 Å². The van der Waals surface area contributed by atoms with E-state index in [-0.39, 0.29) is 17.9 Å². The molecular formula is C14H11F3N2O2. The van der Waals surface area contributed by atoms with Gasteiger partial charge in [0.25, 0.3) is 0 Å². The van der Waals surface area contributed by atoms with Crippen molar-refractivity contribution in [1.29, 1.82) is 0 Å². The van der Waals surface area contributed by atoms with Crippen LogP contribution in [0.25, 0.3) is 11.1 Å². The zero-order valence-electron chi connectivity index (χ0n) is 11.0. The predicted molar refractivity (Wildman–Crippen MR) is 68.4 cm³/mol. The molecule has 0 spiro atoms. The number of carbonyl (C=O) groups excluding carboxylic acids is 1. The number of esters is 1. The topological polar surface area (TPSA) is 52.1 Å². The third-order valence-electron chi connectivity index (χ3n) is 2.66.